The molecule has 0 fully saturated rings. The second-order valence-corrected chi connectivity index (χ2v) is 3.17. The van der Waals surface area contributed by atoms with Gasteiger partial charge in [-0.15, -0.1) is 0 Å². The van der Waals surface area contributed by atoms with Gasteiger partial charge in [-0.25, -0.2) is 0 Å². The molecule has 0 amide bonds. The maximum atomic E-state index is 12.4. The highest BCUT2D eigenvalue weighted by Crippen LogP contribution is 2.32. The van der Waals surface area contributed by atoms with Crippen LogP contribution < -0.4 is 5.32 Å². The third-order valence-electron chi connectivity index (χ3n) is 2.03. The van der Waals surface area contributed by atoms with Gasteiger partial charge in [0.25, 0.3) is 0 Å². The molecule has 1 unspecified atom stereocenters. The lowest BCUT2D eigenvalue weighted by atomic mass is 10.1. The smallest absolute Gasteiger partial charge is 0.306 e. The van der Waals surface area contributed by atoms with Crippen LogP contribution in [0.3, 0.4) is 0 Å². The number of aryl methyl sites for hydroxylation is 1. The van der Waals surface area contributed by atoms with Gasteiger partial charge < -0.3 is 5.32 Å². The van der Waals surface area contributed by atoms with Crippen molar-refractivity contribution in [2.24, 2.45) is 0 Å². The second kappa shape index (κ2) is 4.00. The SMILES string of the molecule is CNC(c1ccc(C)cc1)C(F)(F)F. The summed E-state index contributed by atoms with van der Waals surface area (Å²) in [5.41, 5.74) is 1.19. The van der Waals surface area contributed by atoms with Gasteiger partial charge in [-0.05, 0) is 19.5 Å². The Morgan fingerprint density at radius 2 is 1.64 bits per heavy atom. The molecule has 1 atom stereocenters. The Balaban J connectivity index is 2.96. The molecule has 4 heteroatoms. The van der Waals surface area contributed by atoms with Crippen LogP contribution in [0.25, 0.3) is 0 Å². The molecule has 0 aromatic heterocycles. The second-order valence-electron chi connectivity index (χ2n) is 3.17. The van der Waals surface area contributed by atoms with Crippen molar-refractivity contribution in [3.8, 4) is 0 Å². The number of hydrogen-bond acceptors (Lipinski definition) is 1. The van der Waals surface area contributed by atoms with Crippen molar-refractivity contribution in [1.29, 1.82) is 0 Å². The first-order valence-electron chi connectivity index (χ1n) is 4.25. The van der Waals surface area contributed by atoms with E-state index in [4.69, 9.17) is 0 Å². The summed E-state index contributed by atoms with van der Waals surface area (Å²) in [6.07, 6.45) is -4.25. The van der Waals surface area contributed by atoms with E-state index in [1.807, 2.05) is 6.92 Å². The molecule has 0 aliphatic heterocycles. The van der Waals surface area contributed by atoms with Crippen molar-refractivity contribution in [3.63, 3.8) is 0 Å². The van der Waals surface area contributed by atoms with E-state index >= 15 is 0 Å². The highest BCUT2D eigenvalue weighted by atomic mass is 19.4. The van der Waals surface area contributed by atoms with Gasteiger partial charge in [0.2, 0.25) is 0 Å². The Hall–Kier alpha value is -1.03. The Labute approximate surface area is 80.9 Å². The van der Waals surface area contributed by atoms with Crippen molar-refractivity contribution in [3.05, 3.63) is 35.4 Å². The lowest BCUT2D eigenvalue weighted by Crippen LogP contribution is -2.31. The molecule has 1 rings (SSSR count). The van der Waals surface area contributed by atoms with Gasteiger partial charge in [0, 0.05) is 0 Å². The molecule has 0 bridgehead atoms. The number of benzene rings is 1. The summed E-state index contributed by atoms with van der Waals surface area (Å²) in [6.45, 7) is 1.84. The number of halogens is 3. The van der Waals surface area contributed by atoms with Crippen molar-refractivity contribution in [1.82, 2.24) is 5.32 Å². The Morgan fingerprint density at radius 1 is 1.14 bits per heavy atom. The van der Waals surface area contributed by atoms with E-state index < -0.39 is 12.2 Å². The van der Waals surface area contributed by atoms with Crippen LogP contribution >= 0.6 is 0 Å². The summed E-state index contributed by atoms with van der Waals surface area (Å²) < 4.78 is 37.3. The third-order valence-corrected chi connectivity index (χ3v) is 2.03. The lowest BCUT2D eigenvalue weighted by molar-refractivity contribution is -0.156. The summed E-state index contributed by atoms with van der Waals surface area (Å²) in [6, 6.07) is 4.74. The summed E-state index contributed by atoms with van der Waals surface area (Å²) >= 11 is 0. The van der Waals surface area contributed by atoms with Gasteiger partial charge in [-0.2, -0.15) is 13.2 Å². The van der Waals surface area contributed by atoms with Crippen LogP contribution in [0, 0.1) is 6.92 Å². The first-order chi connectivity index (χ1) is 6.45. The number of alkyl halides is 3. The molecule has 0 spiro atoms. The molecule has 0 heterocycles. The fourth-order valence-corrected chi connectivity index (χ4v) is 1.28. The Bertz CT molecular complexity index is 289. The molecule has 0 radical (unpaired) electrons. The standard InChI is InChI=1S/C10H12F3N/c1-7-3-5-8(6-4-7)9(14-2)10(11,12)13/h3-6,9,14H,1-2H3. The predicted molar refractivity (Wildman–Crippen MR) is 49.0 cm³/mol. The largest absolute Gasteiger partial charge is 0.407 e. The van der Waals surface area contributed by atoms with Crippen LogP contribution in [0.2, 0.25) is 0 Å². The van der Waals surface area contributed by atoms with Gasteiger partial charge in [-0.1, -0.05) is 29.8 Å². The number of rotatable bonds is 2. The Morgan fingerprint density at radius 3 is 2.00 bits per heavy atom. The van der Waals surface area contributed by atoms with Gasteiger partial charge in [0.15, 0.2) is 0 Å². The minimum absolute atomic E-state index is 0.241. The van der Waals surface area contributed by atoms with E-state index in [0.29, 0.717) is 0 Å². The molecule has 1 nitrogen and oxygen atoms in total. The topological polar surface area (TPSA) is 12.0 Å². The van der Waals surface area contributed by atoms with Gasteiger partial charge >= 0.3 is 6.18 Å². The minimum Gasteiger partial charge on any atom is -0.306 e. The van der Waals surface area contributed by atoms with Crippen molar-refractivity contribution < 1.29 is 13.2 Å². The maximum Gasteiger partial charge on any atom is 0.407 e. The first kappa shape index (κ1) is 11.0. The van der Waals surface area contributed by atoms with Gasteiger partial charge in [0.1, 0.15) is 6.04 Å². The van der Waals surface area contributed by atoms with E-state index in [1.165, 1.54) is 19.2 Å². The van der Waals surface area contributed by atoms with Crippen LogP contribution in [-0.4, -0.2) is 13.2 Å². The van der Waals surface area contributed by atoms with E-state index in [-0.39, 0.29) is 5.56 Å². The molecule has 14 heavy (non-hydrogen) atoms. The van der Waals surface area contributed by atoms with Crippen molar-refractivity contribution in [2.45, 2.75) is 19.1 Å². The lowest BCUT2D eigenvalue weighted by Gasteiger charge is -2.19. The zero-order valence-corrected chi connectivity index (χ0v) is 8.02. The monoisotopic (exact) mass is 203 g/mol. The summed E-state index contributed by atoms with van der Waals surface area (Å²) in [5, 5.41) is 2.25. The predicted octanol–water partition coefficient (Wildman–Crippen LogP) is 2.82. The van der Waals surface area contributed by atoms with Crippen molar-refractivity contribution in [2.75, 3.05) is 7.05 Å². The van der Waals surface area contributed by atoms with Crippen LogP contribution in [0.5, 0.6) is 0 Å². The number of nitrogens with one attached hydrogen (secondary N) is 1. The molecule has 78 valence electrons. The summed E-state index contributed by atoms with van der Waals surface area (Å²) in [7, 11) is 1.30. The summed E-state index contributed by atoms with van der Waals surface area (Å²) in [5.74, 6) is 0. The number of hydrogen-bond donors (Lipinski definition) is 1. The zero-order valence-electron chi connectivity index (χ0n) is 8.02. The van der Waals surface area contributed by atoms with Crippen LogP contribution in [-0.2, 0) is 0 Å². The molecule has 1 aromatic rings. The molecular formula is C10H12F3N. The van der Waals surface area contributed by atoms with Crippen LogP contribution in [0.4, 0.5) is 13.2 Å². The van der Waals surface area contributed by atoms with E-state index in [9.17, 15) is 13.2 Å². The van der Waals surface area contributed by atoms with E-state index in [1.54, 1.807) is 12.1 Å². The fraction of sp³-hybridized carbons (Fsp3) is 0.400. The van der Waals surface area contributed by atoms with Crippen molar-refractivity contribution >= 4 is 0 Å². The first-order valence-corrected chi connectivity index (χ1v) is 4.25. The quantitative estimate of drug-likeness (QED) is 0.779. The zero-order chi connectivity index (χ0) is 10.8. The maximum absolute atomic E-state index is 12.4. The molecule has 0 saturated heterocycles. The van der Waals surface area contributed by atoms with E-state index in [0.717, 1.165) is 5.56 Å². The molecule has 1 N–H and O–H groups in total. The molecule has 0 aliphatic carbocycles. The van der Waals surface area contributed by atoms with Crippen LogP contribution in [0.1, 0.15) is 17.2 Å². The molecule has 0 aliphatic rings. The Kier molecular flexibility index (Phi) is 3.16. The van der Waals surface area contributed by atoms with Gasteiger partial charge in [-0.3, -0.25) is 0 Å². The minimum atomic E-state index is -4.25. The van der Waals surface area contributed by atoms with E-state index in [2.05, 4.69) is 5.32 Å². The average molecular weight is 203 g/mol. The average Bonchev–Trinajstić information content (AvgIpc) is 2.07. The van der Waals surface area contributed by atoms with Crippen LogP contribution in [0.15, 0.2) is 24.3 Å². The third kappa shape index (κ3) is 2.48. The molecular weight excluding hydrogens is 191 g/mol. The van der Waals surface area contributed by atoms with Gasteiger partial charge in [0.05, 0.1) is 0 Å². The highest BCUT2D eigenvalue weighted by molar-refractivity contribution is 5.25. The highest BCUT2D eigenvalue weighted by Gasteiger charge is 2.39. The summed E-state index contributed by atoms with van der Waals surface area (Å²) in [4.78, 5) is 0. The molecule has 1 aromatic carbocycles. The normalized spacial score (nSPS) is 14.1. The fourth-order valence-electron chi connectivity index (χ4n) is 1.28. The molecule has 0 saturated carbocycles.